The number of aryl methyl sites for hydroxylation is 1. The quantitative estimate of drug-likeness (QED) is 0.733. The van der Waals surface area contributed by atoms with E-state index in [1.807, 2.05) is 24.3 Å². The Hall–Kier alpha value is -2.08. The number of piperidine rings is 1. The third kappa shape index (κ3) is 3.29. The topological polar surface area (TPSA) is 76.0 Å². The van der Waals surface area contributed by atoms with Gasteiger partial charge < -0.3 is 25.2 Å². The van der Waals surface area contributed by atoms with Crippen molar-refractivity contribution in [1.82, 2.24) is 5.06 Å². The number of aliphatic hydroxyl groups excluding tert-OH is 1. The van der Waals surface area contributed by atoms with E-state index in [1.54, 1.807) is 6.07 Å². The Bertz CT molecular complexity index is 902. The average molecular weight is 409 g/mol. The Morgan fingerprint density at radius 3 is 2.80 bits per heavy atom. The molecule has 2 aromatic rings. The molecule has 5 nitrogen and oxygen atoms in total. The van der Waals surface area contributed by atoms with Gasteiger partial charge in [0.25, 0.3) is 0 Å². The van der Waals surface area contributed by atoms with Crippen molar-refractivity contribution < 1.29 is 14.9 Å². The monoisotopic (exact) mass is 408 g/mol. The van der Waals surface area contributed by atoms with Gasteiger partial charge in [0.05, 0.1) is 12.7 Å². The van der Waals surface area contributed by atoms with Gasteiger partial charge in [0.2, 0.25) is 0 Å². The van der Waals surface area contributed by atoms with Crippen LogP contribution in [0.4, 0.5) is 0 Å². The number of benzene rings is 2. The van der Waals surface area contributed by atoms with Crippen LogP contribution < -0.4 is 4.74 Å². The third-order valence-corrected chi connectivity index (χ3v) is 7.58. The van der Waals surface area contributed by atoms with Crippen molar-refractivity contribution in [3.63, 3.8) is 0 Å². The van der Waals surface area contributed by atoms with E-state index in [-0.39, 0.29) is 29.2 Å². The van der Waals surface area contributed by atoms with E-state index in [0.29, 0.717) is 38.2 Å². The molecule has 2 aromatic carbocycles. The molecule has 2 bridgehead atoms. The van der Waals surface area contributed by atoms with Crippen LogP contribution in [0.3, 0.4) is 0 Å². The van der Waals surface area contributed by atoms with Crippen LogP contribution in [0.5, 0.6) is 11.5 Å². The van der Waals surface area contributed by atoms with Crippen LogP contribution in [0, 0.1) is 11.1 Å². The highest BCUT2D eigenvalue weighted by atomic mass is 16.5. The smallest absolute Gasteiger partial charge is 0.164 e. The summed E-state index contributed by atoms with van der Waals surface area (Å²) in [7, 11) is 0. The number of hydrogen-bond acceptors (Lipinski definition) is 5. The zero-order chi connectivity index (χ0) is 20.7. The van der Waals surface area contributed by atoms with Crippen LogP contribution in [-0.2, 0) is 18.3 Å². The fourth-order valence-electron chi connectivity index (χ4n) is 6.30. The van der Waals surface area contributed by atoms with Gasteiger partial charge in [-0.15, -0.1) is 0 Å². The number of hydroxylamine groups is 2. The molecular weight excluding hydrogens is 378 g/mol. The fourth-order valence-corrected chi connectivity index (χ4v) is 6.30. The first kappa shape index (κ1) is 19.9. The van der Waals surface area contributed by atoms with E-state index in [2.05, 4.69) is 12.1 Å². The molecule has 2 N–H and O–H groups in total. The van der Waals surface area contributed by atoms with Crippen LogP contribution in [0.25, 0.3) is 0 Å². The van der Waals surface area contributed by atoms with Gasteiger partial charge in [-0.1, -0.05) is 36.4 Å². The summed E-state index contributed by atoms with van der Waals surface area (Å²) in [5, 5.41) is 35.2. The summed E-state index contributed by atoms with van der Waals surface area (Å²) in [5.41, 5.74) is 3.17. The molecule has 1 aliphatic heterocycles. The Balaban J connectivity index is 1.44. The van der Waals surface area contributed by atoms with Gasteiger partial charge in [0.15, 0.2) is 11.5 Å². The van der Waals surface area contributed by atoms with Gasteiger partial charge in [0.1, 0.15) is 0 Å². The Morgan fingerprint density at radius 1 is 1.13 bits per heavy atom. The summed E-state index contributed by atoms with van der Waals surface area (Å²) in [6, 6.07) is 14.0. The number of fused-ring (bicyclic) bond motifs is 1. The molecule has 2 aliphatic carbocycles. The van der Waals surface area contributed by atoms with E-state index in [1.165, 1.54) is 10.6 Å². The Labute approximate surface area is 177 Å². The maximum atomic E-state index is 12.6. The zero-order valence-electron chi connectivity index (χ0n) is 17.3. The van der Waals surface area contributed by atoms with E-state index < -0.39 is 0 Å². The first-order chi connectivity index (χ1) is 14.6. The first-order valence-electron chi connectivity index (χ1n) is 11.2. The van der Waals surface area contributed by atoms with E-state index in [9.17, 15) is 15.4 Å². The summed E-state index contributed by atoms with van der Waals surface area (Å²) < 4.78 is 6.23. The number of phenolic OH excluding ortho intramolecular Hbond substituents is 1. The molecule has 5 rings (SSSR count). The Morgan fingerprint density at radius 2 is 1.97 bits per heavy atom. The molecule has 1 saturated heterocycles. The first-order valence-corrected chi connectivity index (χ1v) is 11.2. The highest BCUT2D eigenvalue weighted by molar-refractivity contribution is 5.57. The van der Waals surface area contributed by atoms with Crippen LogP contribution in [0.15, 0.2) is 42.5 Å². The summed E-state index contributed by atoms with van der Waals surface area (Å²) in [4.78, 5) is 0. The summed E-state index contributed by atoms with van der Waals surface area (Å²) in [6.07, 6.45) is 5.09. The molecule has 0 radical (unpaired) electrons. The number of phenols is 1. The van der Waals surface area contributed by atoms with Crippen molar-refractivity contribution in [1.29, 1.82) is 0 Å². The molecule has 0 unspecified atom stereocenters. The SMILES string of the molecule is [O-]N1CC[C@]23C[C@@H](O)CC[C@H]2[C@H]1Cc1ccc(O)c(OCCCc2ccccc2)c13. The number of ether oxygens (including phenoxy) is 1. The van der Waals surface area contributed by atoms with Gasteiger partial charge >= 0.3 is 0 Å². The van der Waals surface area contributed by atoms with E-state index in [4.69, 9.17) is 4.74 Å². The van der Waals surface area contributed by atoms with Crippen LogP contribution in [-0.4, -0.2) is 40.6 Å². The average Bonchev–Trinajstić information content (AvgIpc) is 2.75. The summed E-state index contributed by atoms with van der Waals surface area (Å²) in [5.74, 6) is 0.968. The molecular formula is C25H30NO4-. The molecule has 0 spiro atoms. The second kappa shape index (κ2) is 7.88. The zero-order valence-corrected chi connectivity index (χ0v) is 17.3. The lowest BCUT2D eigenvalue weighted by molar-refractivity contribution is -0.0337. The molecule has 30 heavy (non-hydrogen) atoms. The minimum absolute atomic E-state index is 0.0331. The summed E-state index contributed by atoms with van der Waals surface area (Å²) >= 11 is 0. The van der Waals surface area contributed by atoms with Gasteiger partial charge in [-0.05, 0) is 74.6 Å². The molecule has 5 heteroatoms. The maximum absolute atomic E-state index is 12.6. The highest BCUT2D eigenvalue weighted by Crippen LogP contribution is 2.59. The molecule has 3 aliphatic rings. The van der Waals surface area contributed by atoms with E-state index in [0.717, 1.165) is 36.8 Å². The van der Waals surface area contributed by atoms with Crippen molar-refractivity contribution >= 4 is 0 Å². The second-order valence-electron chi connectivity index (χ2n) is 9.25. The second-order valence-corrected chi connectivity index (χ2v) is 9.25. The maximum Gasteiger partial charge on any atom is 0.164 e. The largest absolute Gasteiger partial charge is 0.785 e. The standard InChI is InChI=1S/C25H30NO4/c27-19-9-10-20-21-15-18-8-11-22(28)24(23(18)25(20,16-19)12-13-26(21)29)30-14-4-7-17-5-2-1-3-6-17/h1-3,5-6,8,11,19-21,27-28H,4,7,9-10,12-16H2/q-1/t19-,20-,21+,25-/m0/s1. The molecule has 1 saturated carbocycles. The normalized spacial score (nSPS) is 30.4. The summed E-state index contributed by atoms with van der Waals surface area (Å²) in [6.45, 7) is 1.01. The Kier molecular flexibility index (Phi) is 5.21. The van der Waals surface area contributed by atoms with Crippen molar-refractivity contribution in [2.75, 3.05) is 13.2 Å². The predicted molar refractivity (Wildman–Crippen MR) is 116 cm³/mol. The molecule has 1 heterocycles. The number of nitrogens with zero attached hydrogens (tertiary/aromatic N) is 1. The predicted octanol–water partition coefficient (Wildman–Crippen LogP) is 3.93. The molecule has 0 amide bonds. The molecule has 2 fully saturated rings. The number of aromatic hydroxyl groups is 1. The van der Waals surface area contributed by atoms with Gasteiger partial charge in [-0.25, -0.2) is 0 Å². The van der Waals surface area contributed by atoms with Gasteiger partial charge in [-0.2, -0.15) is 0 Å². The minimum atomic E-state index is -0.362. The number of hydrogen-bond donors (Lipinski definition) is 2. The van der Waals surface area contributed by atoms with Gasteiger partial charge in [0, 0.05) is 17.0 Å². The molecule has 4 atom stereocenters. The minimum Gasteiger partial charge on any atom is -0.785 e. The van der Waals surface area contributed by atoms with Crippen molar-refractivity contribution in [3.05, 3.63) is 64.4 Å². The van der Waals surface area contributed by atoms with E-state index >= 15 is 0 Å². The van der Waals surface area contributed by atoms with Crippen LogP contribution in [0.1, 0.15) is 48.8 Å². The fraction of sp³-hybridized carbons (Fsp3) is 0.520. The molecule has 0 aromatic heterocycles. The van der Waals surface area contributed by atoms with Crippen LogP contribution in [0.2, 0.25) is 0 Å². The lowest BCUT2D eigenvalue weighted by Gasteiger charge is -2.61. The van der Waals surface area contributed by atoms with Crippen molar-refractivity contribution in [2.45, 2.75) is 62.5 Å². The lowest BCUT2D eigenvalue weighted by Crippen LogP contribution is -2.61. The highest BCUT2D eigenvalue weighted by Gasteiger charge is 2.55. The number of aliphatic hydroxyl groups is 1. The van der Waals surface area contributed by atoms with Gasteiger partial charge in [-0.3, -0.25) is 0 Å². The van der Waals surface area contributed by atoms with Crippen molar-refractivity contribution in [2.24, 2.45) is 5.92 Å². The number of rotatable bonds is 5. The van der Waals surface area contributed by atoms with Crippen LogP contribution >= 0.6 is 0 Å². The van der Waals surface area contributed by atoms with Crippen molar-refractivity contribution in [3.8, 4) is 11.5 Å². The third-order valence-electron chi connectivity index (χ3n) is 7.58. The molecule has 160 valence electrons. The lowest BCUT2D eigenvalue weighted by atomic mass is 9.52.